The van der Waals surface area contributed by atoms with E-state index in [1.54, 1.807) is 23.9 Å². The quantitative estimate of drug-likeness (QED) is 0.358. The Morgan fingerprint density at radius 2 is 1.68 bits per heavy atom. The minimum Gasteiger partial charge on any atom is -0.478 e. The third kappa shape index (κ3) is 4.78. The molecule has 3 aromatic carbocycles. The summed E-state index contributed by atoms with van der Waals surface area (Å²) >= 11 is 1.57. The second-order valence-electron chi connectivity index (χ2n) is 6.75. The van der Waals surface area contributed by atoms with E-state index in [0.717, 1.165) is 33.6 Å². The molecule has 0 amide bonds. The van der Waals surface area contributed by atoms with Crippen LogP contribution in [0.1, 0.15) is 22.8 Å². The van der Waals surface area contributed by atoms with E-state index in [2.05, 4.69) is 21.7 Å². The predicted molar refractivity (Wildman–Crippen MR) is 121 cm³/mol. The van der Waals surface area contributed by atoms with Crippen molar-refractivity contribution in [1.29, 1.82) is 0 Å². The van der Waals surface area contributed by atoms with Crippen molar-refractivity contribution in [2.75, 3.05) is 0 Å². The summed E-state index contributed by atoms with van der Waals surface area (Å²) in [5, 5.41) is 18.7. The maximum absolute atomic E-state index is 11.0. The summed E-state index contributed by atoms with van der Waals surface area (Å²) in [7, 11) is 0. The molecule has 0 saturated heterocycles. The predicted octanol–water partition coefficient (Wildman–Crippen LogP) is 5.75. The first-order valence-corrected chi connectivity index (χ1v) is 10.8. The minimum absolute atomic E-state index is 0.280. The lowest BCUT2D eigenvalue weighted by atomic mass is 10.1. The molecular weight excluding hydrogens is 410 g/mol. The zero-order chi connectivity index (χ0) is 21.6. The number of ether oxygens (including phenoxy) is 1. The van der Waals surface area contributed by atoms with Crippen molar-refractivity contribution in [2.45, 2.75) is 24.4 Å². The third-order valence-corrected chi connectivity index (χ3v) is 5.74. The van der Waals surface area contributed by atoms with Gasteiger partial charge in [-0.15, -0.1) is 10.2 Å². The van der Waals surface area contributed by atoms with Gasteiger partial charge in [0.1, 0.15) is 11.5 Å². The molecular formula is C24H21N3O3S. The SMILES string of the molecule is CCn1c(SCc2ccc(C(=O)O)cc2)nnc1-c1ccccc1Oc1ccccc1. The number of rotatable bonds is 8. The summed E-state index contributed by atoms with van der Waals surface area (Å²) in [6.45, 7) is 2.77. The molecule has 0 fully saturated rings. The summed E-state index contributed by atoms with van der Waals surface area (Å²) in [5.41, 5.74) is 2.18. The van der Waals surface area contributed by atoms with Crippen molar-refractivity contribution in [3.8, 4) is 22.9 Å². The molecule has 4 rings (SSSR count). The van der Waals surface area contributed by atoms with Gasteiger partial charge in [0.15, 0.2) is 11.0 Å². The number of hydrogen-bond acceptors (Lipinski definition) is 5. The molecule has 0 spiro atoms. The first-order chi connectivity index (χ1) is 15.2. The number of hydrogen-bond donors (Lipinski definition) is 1. The van der Waals surface area contributed by atoms with Gasteiger partial charge in [0.2, 0.25) is 0 Å². The summed E-state index contributed by atoms with van der Waals surface area (Å²) in [6, 6.07) is 24.3. The van der Waals surface area contributed by atoms with Gasteiger partial charge in [-0.3, -0.25) is 0 Å². The normalized spacial score (nSPS) is 10.7. The highest BCUT2D eigenvalue weighted by molar-refractivity contribution is 7.98. The average molecular weight is 432 g/mol. The van der Waals surface area contributed by atoms with Crippen LogP contribution in [-0.2, 0) is 12.3 Å². The molecule has 31 heavy (non-hydrogen) atoms. The van der Waals surface area contributed by atoms with Gasteiger partial charge in [-0.2, -0.15) is 0 Å². The molecule has 4 aromatic rings. The van der Waals surface area contributed by atoms with Crippen LogP contribution >= 0.6 is 11.8 Å². The Bertz CT molecular complexity index is 1170. The van der Waals surface area contributed by atoms with Crippen molar-refractivity contribution < 1.29 is 14.6 Å². The molecule has 0 atom stereocenters. The van der Waals surface area contributed by atoms with E-state index in [4.69, 9.17) is 9.84 Å². The largest absolute Gasteiger partial charge is 0.478 e. The van der Waals surface area contributed by atoms with Gasteiger partial charge in [0, 0.05) is 12.3 Å². The molecule has 0 bridgehead atoms. The van der Waals surface area contributed by atoms with Gasteiger partial charge < -0.3 is 14.4 Å². The van der Waals surface area contributed by atoms with Crippen LogP contribution in [0.3, 0.4) is 0 Å². The lowest BCUT2D eigenvalue weighted by Crippen LogP contribution is -2.01. The Labute approximate surface area is 184 Å². The number of para-hydroxylation sites is 2. The van der Waals surface area contributed by atoms with E-state index in [9.17, 15) is 4.79 Å². The standard InChI is InChI=1S/C24H21N3O3S/c1-2-27-22(20-10-6-7-11-21(20)30-19-8-4-3-5-9-19)25-26-24(27)31-16-17-12-14-18(15-13-17)23(28)29/h3-15H,2,16H2,1H3,(H,28,29). The zero-order valence-electron chi connectivity index (χ0n) is 16.9. The van der Waals surface area contributed by atoms with Crippen molar-refractivity contribution in [2.24, 2.45) is 0 Å². The van der Waals surface area contributed by atoms with Crippen molar-refractivity contribution in [3.05, 3.63) is 90.0 Å². The third-order valence-electron chi connectivity index (χ3n) is 4.70. The van der Waals surface area contributed by atoms with Crippen LogP contribution in [0.25, 0.3) is 11.4 Å². The van der Waals surface area contributed by atoms with Crippen LogP contribution in [-0.4, -0.2) is 25.8 Å². The van der Waals surface area contributed by atoms with E-state index >= 15 is 0 Å². The Hall–Kier alpha value is -3.58. The molecule has 7 heteroatoms. The van der Waals surface area contributed by atoms with Crippen LogP contribution in [0.4, 0.5) is 0 Å². The van der Waals surface area contributed by atoms with Crippen LogP contribution in [0.15, 0.2) is 84.0 Å². The van der Waals surface area contributed by atoms with Crippen LogP contribution in [0, 0.1) is 0 Å². The van der Waals surface area contributed by atoms with Gasteiger partial charge in [0.25, 0.3) is 0 Å². The molecule has 0 aliphatic heterocycles. The van der Waals surface area contributed by atoms with Crippen LogP contribution in [0.5, 0.6) is 11.5 Å². The van der Waals surface area contributed by atoms with Crippen LogP contribution < -0.4 is 4.74 Å². The number of carbonyl (C=O) groups is 1. The van der Waals surface area contributed by atoms with E-state index in [1.165, 1.54) is 0 Å². The van der Waals surface area contributed by atoms with Gasteiger partial charge >= 0.3 is 5.97 Å². The number of aromatic nitrogens is 3. The molecule has 156 valence electrons. The smallest absolute Gasteiger partial charge is 0.335 e. The Morgan fingerprint density at radius 1 is 0.968 bits per heavy atom. The Balaban J connectivity index is 1.57. The highest BCUT2D eigenvalue weighted by Crippen LogP contribution is 2.34. The highest BCUT2D eigenvalue weighted by Gasteiger charge is 2.17. The molecule has 6 nitrogen and oxygen atoms in total. The lowest BCUT2D eigenvalue weighted by molar-refractivity contribution is 0.0697. The molecule has 0 radical (unpaired) electrons. The number of benzene rings is 3. The fourth-order valence-electron chi connectivity index (χ4n) is 3.13. The number of aromatic carboxylic acids is 1. The van der Waals surface area contributed by atoms with Gasteiger partial charge in [0.05, 0.1) is 11.1 Å². The molecule has 0 aliphatic rings. The second kappa shape index (κ2) is 9.49. The molecule has 1 heterocycles. The van der Waals surface area contributed by atoms with Gasteiger partial charge in [-0.1, -0.05) is 54.2 Å². The summed E-state index contributed by atoms with van der Waals surface area (Å²) in [4.78, 5) is 11.0. The maximum atomic E-state index is 11.0. The highest BCUT2D eigenvalue weighted by atomic mass is 32.2. The number of carboxylic acid groups (broad SMARTS) is 1. The first-order valence-electron chi connectivity index (χ1n) is 9.86. The first kappa shape index (κ1) is 20.7. The van der Waals surface area contributed by atoms with E-state index in [-0.39, 0.29) is 5.56 Å². The van der Waals surface area contributed by atoms with Crippen molar-refractivity contribution >= 4 is 17.7 Å². The molecule has 0 aliphatic carbocycles. The summed E-state index contributed by atoms with van der Waals surface area (Å²) in [5.74, 6) is 1.97. The number of thioether (sulfide) groups is 1. The number of carboxylic acids is 1. The molecule has 0 unspecified atom stereocenters. The monoisotopic (exact) mass is 431 g/mol. The lowest BCUT2D eigenvalue weighted by Gasteiger charge is -2.12. The molecule has 1 aromatic heterocycles. The second-order valence-corrected chi connectivity index (χ2v) is 7.69. The summed E-state index contributed by atoms with van der Waals surface area (Å²) < 4.78 is 8.16. The van der Waals surface area contributed by atoms with Gasteiger partial charge in [-0.05, 0) is 48.9 Å². The van der Waals surface area contributed by atoms with E-state index < -0.39 is 5.97 Å². The Kier molecular flexibility index (Phi) is 6.33. The van der Waals surface area contributed by atoms with Crippen LogP contribution in [0.2, 0.25) is 0 Å². The van der Waals surface area contributed by atoms with Gasteiger partial charge in [-0.25, -0.2) is 4.79 Å². The minimum atomic E-state index is -0.925. The van der Waals surface area contributed by atoms with E-state index in [1.807, 2.05) is 66.7 Å². The maximum Gasteiger partial charge on any atom is 0.335 e. The van der Waals surface area contributed by atoms with Crippen molar-refractivity contribution in [1.82, 2.24) is 14.8 Å². The Morgan fingerprint density at radius 3 is 2.39 bits per heavy atom. The molecule has 0 saturated carbocycles. The zero-order valence-corrected chi connectivity index (χ0v) is 17.7. The average Bonchev–Trinajstić information content (AvgIpc) is 3.21. The summed E-state index contributed by atoms with van der Waals surface area (Å²) in [6.07, 6.45) is 0. The fourth-order valence-corrected chi connectivity index (χ4v) is 4.09. The fraction of sp³-hybridized carbons (Fsp3) is 0.125. The topological polar surface area (TPSA) is 77.2 Å². The number of nitrogens with zero attached hydrogens (tertiary/aromatic N) is 3. The van der Waals surface area contributed by atoms with E-state index in [0.29, 0.717) is 12.3 Å². The molecule has 1 N–H and O–H groups in total. The van der Waals surface area contributed by atoms with Crippen molar-refractivity contribution in [3.63, 3.8) is 0 Å².